The molecule has 0 N–H and O–H groups in total. The Labute approximate surface area is 92.7 Å². The third-order valence-corrected chi connectivity index (χ3v) is 6.25. The van der Waals surface area contributed by atoms with Gasteiger partial charge in [0, 0.05) is 6.42 Å². The number of esters is 1. The summed E-state index contributed by atoms with van der Waals surface area (Å²) >= 11 is 0. The number of methoxy groups -OCH3 is 1. The number of alkyl halides is 2. The summed E-state index contributed by atoms with van der Waals surface area (Å²) in [4.78, 5) is 7.98. The molecular formula is C8H9F2O4PS. The summed E-state index contributed by atoms with van der Waals surface area (Å²) in [5.41, 5.74) is 0.225. The van der Waals surface area contributed by atoms with Crippen molar-refractivity contribution in [1.82, 2.24) is 0 Å². The van der Waals surface area contributed by atoms with E-state index in [9.17, 15) is 17.8 Å². The van der Waals surface area contributed by atoms with Gasteiger partial charge in [-0.25, -0.2) is 9.00 Å². The Balaban J connectivity index is 2.19. The molecule has 16 heavy (non-hydrogen) atoms. The van der Waals surface area contributed by atoms with Crippen molar-refractivity contribution >= 4 is 22.7 Å². The predicted octanol–water partition coefficient (Wildman–Crippen LogP) is 2.24. The lowest BCUT2D eigenvalue weighted by molar-refractivity contribution is -0.136. The topological polar surface area (TPSA) is 52.6 Å². The molecule has 0 aromatic rings. The Morgan fingerprint density at radius 1 is 1.50 bits per heavy atom. The number of hydrogen-bond donors (Lipinski definition) is 0. The smallest absolute Gasteiger partial charge is 0.399 e. The minimum atomic E-state index is -3.59. The number of allylic oxidation sites excluding steroid dienone is 1. The molecule has 4 nitrogen and oxygen atoms in total. The van der Waals surface area contributed by atoms with Gasteiger partial charge >= 0.3 is 11.0 Å². The second kappa shape index (κ2) is 3.67. The third-order valence-electron chi connectivity index (χ3n) is 2.32. The Morgan fingerprint density at radius 3 is 2.62 bits per heavy atom. The Kier molecular flexibility index (Phi) is 2.70. The zero-order valence-electron chi connectivity index (χ0n) is 8.37. The minimum absolute atomic E-state index is 0.0986. The van der Waals surface area contributed by atoms with E-state index >= 15 is 0 Å². The van der Waals surface area contributed by atoms with Gasteiger partial charge < -0.3 is 8.92 Å². The van der Waals surface area contributed by atoms with Crippen molar-refractivity contribution in [3.63, 3.8) is 0 Å². The number of halogens is 2. The number of rotatable bonds is 3. The highest BCUT2D eigenvalue weighted by atomic mass is 32.6. The molecule has 0 fully saturated rings. The lowest BCUT2D eigenvalue weighted by Crippen LogP contribution is -2.10. The lowest BCUT2D eigenvalue weighted by atomic mass is 10.2. The molecule has 0 saturated carbocycles. The first-order valence-corrected chi connectivity index (χ1v) is 7.53. The summed E-state index contributed by atoms with van der Waals surface area (Å²) in [6.07, 6.45) is 1.39. The molecule has 0 bridgehead atoms. The van der Waals surface area contributed by atoms with Gasteiger partial charge in [-0.05, 0) is 12.8 Å². The van der Waals surface area contributed by atoms with E-state index in [0.717, 1.165) is 0 Å². The maximum absolute atomic E-state index is 12.7. The van der Waals surface area contributed by atoms with Crippen molar-refractivity contribution in [3.8, 4) is 0 Å². The summed E-state index contributed by atoms with van der Waals surface area (Å²) in [5.74, 6) is -0.502. The third kappa shape index (κ3) is 1.82. The largest absolute Gasteiger partial charge is 0.466 e. The van der Waals surface area contributed by atoms with Crippen molar-refractivity contribution < 1.29 is 26.7 Å². The van der Waals surface area contributed by atoms with Gasteiger partial charge in [0.1, 0.15) is 13.1 Å². The van der Waals surface area contributed by atoms with E-state index in [-0.39, 0.29) is 11.3 Å². The molecule has 0 aromatic carbocycles. The van der Waals surface area contributed by atoms with Crippen LogP contribution in [0.25, 0.3) is 0 Å². The molecule has 8 heteroatoms. The van der Waals surface area contributed by atoms with Crippen LogP contribution in [0.5, 0.6) is 0 Å². The normalized spacial score (nSPS) is 31.9. The van der Waals surface area contributed by atoms with Crippen molar-refractivity contribution in [2.75, 3.05) is 7.11 Å². The van der Waals surface area contributed by atoms with E-state index in [4.69, 9.17) is 4.18 Å². The van der Waals surface area contributed by atoms with Gasteiger partial charge in [0.05, 0.1) is 12.7 Å². The van der Waals surface area contributed by atoms with E-state index < -0.39 is 27.7 Å². The van der Waals surface area contributed by atoms with Crippen molar-refractivity contribution in [3.05, 3.63) is 11.3 Å². The summed E-state index contributed by atoms with van der Waals surface area (Å²) in [6.45, 7) is 0. The maximum atomic E-state index is 12.7. The highest BCUT2D eigenvalue weighted by Gasteiger charge is 2.59. The fourth-order valence-corrected chi connectivity index (χ4v) is 4.08. The second-order valence-corrected chi connectivity index (χ2v) is 8.05. The number of carbonyl (C=O) groups is 1. The summed E-state index contributed by atoms with van der Waals surface area (Å²) in [7, 11) is -2.89. The lowest BCUT2D eigenvalue weighted by Gasteiger charge is -2.06. The van der Waals surface area contributed by atoms with Crippen LogP contribution in [0.3, 0.4) is 0 Å². The first kappa shape index (κ1) is 11.8. The predicted molar refractivity (Wildman–Crippen MR) is 54.0 cm³/mol. The highest BCUT2D eigenvalue weighted by Crippen LogP contribution is 2.57. The molecule has 0 aromatic heterocycles. The Hall–Kier alpha value is -0.680. The fraction of sp³-hybridized carbons (Fsp3) is 0.625. The molecule has 1 aliphatic heterocycles. The van der Waals surface area contributed by atoms with Crippen molar-refractivity contribution in [2.45, 2.75) is 24.3 Å². The molecule has 0 amide bonds. The molecule has 90 valence electrons. The number of hydrogen-bond acceptors (Lipinski definition) is 4. The molecular weight excluding hydrogens is 261 g/mol. The Bertz CT molecular complexity index is 490. The van der Waals surface area contributed by atoms with Crippen LogP contribution in [0, 0.1) is 0 Å². The minimum Gasteiger partial charge on any atom is -0.466 e. The van der Waals surface area contributed by atoms with Gasteiger partial charge in [0.2, 0.25) is 9.39 Å². The van der Waals surface area contributed by atoms with Crippen LogP contribution in [-0.2, 0) is 23.1 Å². The van der Waals surface area contributed by atoms with Crippen LogP contribution < -0.4 is 0 Å². The van der Waals surface area contributed by atoms with Gasteiger partial charge in [-0.1, -0.05) is 0 Å². The van der Waals surface area contributed by atoms with E-state index in [1.807, 2.05) is 0 Å². The second-order valence-electron chi connectivity index (χ2n) is 3.38. The van der Waals surface area contributed by atoms with Crippen LogP contribution >= 0.6 is 7.36 Å². The van der Waals surface area contributed by atoms with Crippen LogP contribution in [0.2, 0.25) is 0 Å². The average molecular weight is 270 g/mol. The summed E-state index contributed by atoms with van der Waals surface area (Å²) < 4.78 is 46.1. The van der Waals surface area contributed by atoms with Crippen LogP contribution in [0.15, 0.2) is 11.3 Å². The molecule has 1 heterocycles. The van der Waals surface area contributed by atoms with Gasteiger partial charge in [-0.15, -0.1) is 0 Å². The average Bonchev–Trinajstić information content (AvgIpc) is 2.60. The zero-order valence-corrected chi connectivity index (χ0v) is 10.1. The van der Waals surface area contributed by atoms with Crippen molar-refractivity contribution in [2.24, 2.45) is 0 Å². The van der Waals surface area contributed by atoms with E-state index in [2.05, 4.69) is 4.74 Å². The summed E-state index contributed by atoms with van der Waals surface area (Å²) in [5, 5.41) is 0. The first-order valence-electron chi connectivity index (χ1n) is 4.55. The monoisotopic (exact) mass is 270 g/mol. The summed E-state index contributed by atoms with van der Waals surface area (Å²) in [6, 6.07) is 0. The molecule has 0 spiro atoms. The molecule has 1 unspecified atom stereocenters. The van der Waals surface area contributed by atoms with Gasteiger partial charge in [0.15, 0.2) is 0 Å². The highest BCUT2D eigenvalue weighted by molar-refractivity contribution is 8.38. The fourth-order valence-electron chi connectivity index (χ4n) is 1.47. The van der Waals surface area contributed by atoms with Crippen LogP contribution in [0.1, 0.15) is 19.3 Å². The standard InChI is InChI=1S/C8H9F2O4PS/c1-13-7(11)5-3-2-4-6(5)14-16(12)8(9,10)15-16/h2-4H2,1H3. The SMILES string of the molecule is COC(=O)C1=C(OS2(=O)=PC2(F)F)CCC1. The molecule has 0 saturated heterocycles. The van der Waals surface area contributed by atoms with Crippen LogP contribution in [0.4, 0.5) is 8.78 Å². The number of carbonyl (C=O) groups excluding carboxylic acids is 1. The first-order chi connectivity index (χ1) is 7.39. The number of ether oxygens (including phenoxy) is 1. The van der Waals surface area contributed by atoms with Crippen LogP contribution in [-0.4, -0.2) is 22.3 Å². The molecule has 0 radical (unpaired) electrons. The molecule has 1 aliphatic carbocycles. The molecule has 1 atom stereocenters. The Morgan fingerprint density at radius 2 is 2.12 bits per heavy atom. The van der Waals surface area contributed by atoms with Gasteiger partial charge in [0.25, 0.3) is 0 Å². The molecule has 2 rings (SSSR count). The zero-order chi connectivity index (χ0) is 12.0. The van der Waals surface area contributed by atoms with Gasteiger partial charge in [-0.2, -0.15) is 8.78 Å². The van der Waals surface area contributed by atoms with Gasteiger partial charge in [-0.3, -0.25) is 0 Å². The molecule has 2 aliphatic rings. The quantitative estimate of drug-likeness (QED) is 0.583. The maximum Gasteiger partial charge on any atom is 0.399 e. The van der Waals surface area contributed by atoms with Crippen molar-refractivity contribution in [1.29, 1.82) is 0 Å². The van der Waals surface area contributed by atoms with E-state index in [1.165, 1.54) is 7.11 Å². The van der Waals surface area contributed by atoms with E-state index in [0.29, 0.717) is 19.3 Å². The van der Waals surface area contributed by atoms with E-state index in [1.54, 1.807) is 0 Å².